The third-order valence-corrected chi connectivity index (χ3v) is 4.65. The quantitative estimate of drug-likeness (QED) is 0.882. The lowest BCUT2D eigenvalue weighted by atomic mass is 10.0. The molecule has 0 bridgehead atoms. The summed E-state index contributed by atoms with van der Waals surface area (Å²) in [5.41, 5.74) is 9.86. The van der Waals surface area contributed by atoms with E-state index in [9.17, 15) is 0 Å². The molecular formula is C14H16ClNS. The predicted octanol–water partition coefficient (Wildman–Crippen LogP) is 4.26. The predicted molar refractivity (Wildman–Crippen MR) is 75.9 cm³/mol. The molecule has 2 rings (SSSR count). The highest BCUT2D eigenvalue weighted by molar-refractivity contribution is 7.10. The van der Waals surface area contributed by atoms with Crippen molar-refractivity contribution >= 4 is 22.9 Å². The second kappa shape index (κ2) is 5.21. The van der Waals surface area contributed by atoms with Crippen molar-refractivity contribution in [3.05, 3.63) is 56.2 Å². The Labute approximate surface area is 111 Å². The molecular weight excluding hydrogens is 250 g/mol. The lowest BCUT2D eigenvalue weighted by Gasteiger charge is -2.11. The molecule has 2 aromatic rings. The first-order chi connectivity index (χ1) is 8.08. The number of thiophene rings is 1. The van der Waals surface area contributed by atoms with E-state index in [1.54, 1.807) is 11.3 Å². The topological polar surface area (TPSA) is 26.0 Å². The van der Waals surface area contributed by atoms with Gasteiger partial charge in [0.15, 0.2) is 0 Å². The summed E-state index contributed by atoms with van der Waals surface area (Å²) in [7, 11) is 0. The van der Waals surface area contributed by atoms with E-state index in [1.165, 1.54) is 11.1 Å². The zero-order valence-corrected chi connectivity index (χ0v) is 11.6. The normalized spacial score (nSPS) is 12.7. The van der Waals surface area contributed by atoms with E-state index in [0.29, 0.717) is 0 Å². The SMILES string of the molecule is Cc1cccc(CC(N)c2scc(C)c2Cl)c1. The molecule has 1 unspecified atom stereocenters. The van der Waals surface area contributed by atoms with Crippen molar-refractivity contribution in [3.8, 4) is 0 Å². The Balaban J connectivity index is 2.17. The highest BCUT2D eigenvalue weighted by atomic mass is 35.5. The van der Waals surface area contributed by atoms with Crippen LogP contribution in [0.3, 0.4) is 0 Å². The fourth-order valence-corrected chi connectivity index (χ4v) is 3.22. The molecule has 3 heteroatoms. The lowest BCUT2D eigenvalue weighted by Crippen LogP contribution is -2.12. The number of aryl methyl sites for hydroxylation is 2. The maximum absolute atomic E-state index is 6.23. The Morgan fingerprint density at radius 2 is 2.12 bits per heavy atom. The fourth-order valence-electron chi connectivity index (χ4n) is 1.89. The zero-order chi connectivity index (χ0) is 12.4. The molecule has 1 nitrogen and oxygen atoms in total. The van der Waals surface area contributed by atoms with Crippen molar-refractivity contribution in [2.24, 2.45) is 5.73 Å². The van der Waals surface area contributed by atoms with Gasteiger partial charge < -0.3 is 5.73 Å². The molecule has 0 saturated heterocycles. The maximum Gasteiger partial charge on any atom is 0.0590 e. The fraction of sp³-hybridized carbons (Fsp3) is 0.286. The van der Waals surface area contributed by atoms with Gasteiger partial charge in [-0.2, -0.15) is 0 Å². The van der Waals surface area contributed by atoms with E-state index in [-0.39, 0.29) is 6.04 Å². The van der Waals surface area contributed by atoms with E-state index in [0.717, 1.165) is 21.9 Å². The summed E-state index contributed by atoms with van der Waals surface area (Å²) < 4.78 is 0. The Hall–Kier alpha value is -0.830. The average Bonchev–Trinajstić information content (AvgIpc) is 2.60. The Bertz CT molecular complexity index is 519. The number of hydrogen-bond acceptors (Lipinski definition) is 2. The van der Waals surface area contributed by atoms with E-state index in [1.807, 2.05) is 6.92 Å². The molecule has 0 aliphatic carbocycles. The van der Waals surface area contributed by atoms with Crippen LogP contribution in [0, 0.1) is 13.8 Å². The van der Waals surface area contributed by atoms with Crippen molar-refractivity contribution in [1.82, 2.24) is 0 Å². The molecule has 1 aromatic heterocycles. The zero-order valence-electron chi connectivity index (χ0n) is 10.0. The summed E-state index contributed by atoms with van der Waals surface area (Å²) in [5.74, 6) is 0. The molecule has 1 heterocycles. The molecule has 0 fully saturated rings. The molecule has 0 spiro atoms. The van der Waals surface area contributed by atoms with Gasteiger partial charge in [0.25, 0.3) is 0 Å². The van der Waals surface area contributed by atoms with Crippen molar-refractivity contribution in [3.63, 3.8) is 0 Å². The smallest absolute Gasteiger partial charge is 0.0590 e. The Morgan fingerprint density at radius 3 is 2.71 bits per heavy atom. The van der Waals surface area contributed by atoms with Crippen LogP contribution in [0.15, 0.2) is 29.6 Å². The third kappa shape index (κ3) is 2.89. The van der Waals surface area contributed by atoms with Gasteiger partial charge in [-0.15, -0.1) is 11.3 Å². The van der Waals surface area contributed by atoms with Gasteiger partial charge in [-0.25, -0.2) is 0 Å². The average molecular weight is 266 g/mol. The minimum absolute atomic E-state index is 0.0111. The maximum atomic E-state index is 6.23. The van der Waals surface area contributed by atoms with Gasteiger partial charge in [0.05, 0.1) is 5.02 Å². The van der Waals surface area contributed by atoms with E-state index >= 15 is 0 Å². The van der Waals surface area contributed by atoms with Gasteiger partial charge in [-0.3, -0.25) is 0 Å². The minimum Gasteiger partial charge on any atom is -0.323 e. The van der Waals surface area contributed by atoms with Gasteiger partial charge in [-0.05, 0) is 36.8 Å². The lowest BCUT2D eigenvalue weighted by molar-refractivity contribution is 0.736. The molecule has 1 atom stereocenters. The van der Waals surface area contributed by atoms with E-state index in [4.69, 9.17) is 17.3 Å². The molecule has 0 aliphatic heterocycles. The van der Waals surface area contributed by atoms with Gasteiger partial charge in [-0.1, -0.05) is 41.4 Å². The first-order valence-corrected chi connectivity index (χ1v) is 6.88. The Morgan fingerprint density at radius 1 is 1.35 bits per heavy atom. The second-order valence-electron chi connectivity index (χ2n) is 4.40. The van der Waals surface area contributed by atoms with Crippen molar-refractivity contribution in [2.45, 2.75) is 26.3 Å². The van der Waals surface area contributed by atoms with Gasteiger partial charge in [0.2, 0.25) is 0 Å². The van der Waals surface area contributed by atoms with Crippen LogP contribution in [0.5, 0.6) is 0 Å². The van der Waals surface area contributed by atoms with Gasteiger partial charge >= 0.3 is 0 Å². The van der Waals surface area contributed by atoms with E-state index < -0.39 is 0 Å². The van der Waals surface area contributed by atoms with Crippen LogP contribution < -0.4 is 5.73 Å². The molecule has 90 valence electrons. The van der Waals surface area contributed by atoms with Crippen LogP contribution in [0.4, 0.5) is 0 Å². The Kier molecular flexibility index (Phi) is 3.87. The number of benzene rings is 1. The molecule has 0 radical (unpaired) electrons. The number of nitrogens with two attached hydrogens (primary N) is 1. The van der Waals surface area contributed by atoms with Crippen LogP contribution in [0.25, 0.3) is 0 Å². The van der Waals surface area contributed by atoms with Crippen molar-refractivity contribution in [2.75, 3.05) is 0 Å². The highest BCUT2D eigenvalue weighted by Crippen LogP contribution is 2.32. The number of rotatable bonds is 3. The highest BCUT2D eigenvalue weighted by Gasteiger charge is 2.14. The first kappa shape index (κ1) is 12.6. The molecule has 0 amide bonds. The summed E-state index contributed by atoms with van der Waals surface area (Å²) >= 11 is 7.88. The van der Waals surface area contributed by atoms with Crippen molar-refractivity contribution < 1.29 is 0 Å². The van der Waals surface area contributed by atoms with Crippen LogP contribution in [0.2, 0.25) is 5.02 Å². The van der Waals surface area contributed by atoms with Gasteiger partial charge in [0, 0.05) is 10.9 Å². The summed E-state index contributed by atoms with van der Waals surface area (Å²) in [4.78, 5) is 1.09. The molecule has 0 saturated carbocycles. The summed E-state index contributed by atoms with van der Waals surface area (Å²) in [6.45, 7) is 4.11. The van der Waals surface area contributed by atoms with Crippen molar-refractivity contribution in [1.29, 1.82) is 0 Å². The van der Waals surface area contributed by atoms with Gasteiger partial charge in [0.1, 0.15) is 0 Å². The first-order valence-electron chi connectivity index (χ1n) is 5.62. The largest absolute Gasteiger partial charge is 0.323 e. The third-order valence-electron chi connectivity index (χ3n) is 2.80. The van der Waals surface area contributed by atoms with Crippen LogP contribution >= 0.6 is 22.9 Å². The number of halogens is 1. The molecule has 2 N–H and O–H groups in total. The van der Waals surface area contributed by atoms with Crippen LogP contribution in [0.1, 0.15) is 27.6 Å². The van der Waals surface area contributed by atoms with E-state index in [2.05, 4.69) is 36.6 Å². The monoisotopic (exact) mass is 265 g/mol. The molecule has 1 aromatic carbocycles. The minimum atomic E-state index is -0.0111. The molecule has 0 aliphatic rings. The standard InChI is InChI=1S/C14H16ClNS/c1-9-4-3-5-11(6-9)7-12(16)14-13(15)10(2)8-17-14/h3-6,8,12H,7,16H2,1-2H3. The summed E-state index contributed by atoms with van der Waals surface area (Å²) in [6, 6.07) is 8.44. The number of hydrogen-bond donors (Lipinski definition) is 1. The summed E-state index contributed by atoms with van der Waals surface area (Å²) in [6.07, 6.45) is 0.835. The van der Waals surface area contributed by atoms with Crippen LogP contribution in [-0.2, 0) is 6.42 Å². The van der Waals surface area contributed by atoms with Crippen LogP contribution in [-0.4, -0.2) is 0 Å². The second-order valence-corrected chi connectivity index (χ2v) is 5.69. The summed E-state index contributed by atoms with van der Waals surface area (Å²) in [5, 5.41) is 2.89. The molecule has 17 heavy (non-hydrogen) atoms.